The monoisotopic (exact) mass is 405 g/mol. The number of rotatable bonds is 6. The molecule has 2 aromatic rings. The van der Waals surface area contributed by atoms with E-state index in [1.165, 1.54) is 19.3 Å². The van der Waals surface area contributed by atoms with Crippen LogP contribution in [0.2, 0.25) is 0 Å². The van der Waals surface area contributed by atoms with Gasteiger partial charge in [-0.15, -0.1) is 0 Å². The number of carbonyl (C=O) groups is 2. The molecule has 0 aliphatic carbocycles. The first kappa shape index (κ1) is 22.5. The van der Waals surface area contributed by atoms with Gasteiger partial charge in [0.15, 0.2) is 11.6 Å². The van der Waals surface area contributed by atoms with Crippen molar-refractivity contribution in [2.24, 2.45) is 5.92 Å². The Labute approximate surface area is 169 Å². The molecule has 1 fully saturated rings. The zero-order chi connectivity index (χ0) is 21.2. The first-order valence-electron chi connectivity index (χ1n) is 9.71. The number of carbonyl (C=O) groups excluding carboxylic acids is 1. The first-order chi connectivity index (χ1) is 13.9. The van der Waals surface area contributed by atoms with E-state index in [1.54, 1.807) is 18.3 Å². The summed E-state index contributed by atoms with van der Waals surface area (Å²) in [5.41, 5.74) is 1.68. The van der Waals surface area contributed by atoms with E-state index < -0.39 is 5.82 Å². The van der Waals surface area contributed by atoms with Crippen molar-refractivity contribution in [3.05, 3.63) is 29.8 Å². The molecule has 2 aromatic heterocycles. The van der Waals surface area contributed by atoms with Crippen LogP contribution >= 0.6 is 0 Å². The summed E-state index contributed by atoms with van der Waals surface area (Å²) >= 11 is 0. The van der Waals surface area contributed by atoms with Gasteiger partial charge in [0.1, 0.15) is 5.69 Å². The molecule has 0 radical (unpaired) electrons. The summed E-state index contributed by atoms with van der Waals surface area (Å²) in [6.45, 7) is 6.78. The molecule has 0 saturated carbocycles. The lowest BCUT2D eigenvalue weighted by Gasteiger charge is -2.28. The highest BCUT2D eigenvalue weighted by Crippen LogP contribution is 2.25. The molecule has 1 amide bonds. The summed E-state index contributed by atoms with van der Waals surface area (Å²) in [7, 11) is 0. The zero-order valence-electron chi connectivity index (χ0n) is 16.8. The third-order valence-corrected chi connectivity index (χ3v) is 4.72. The second-order valence-corrected chi connectivity index (χ2v) is 7.27. The molecule has 1 atom stereocenters. The minimum atomic E-state index is -0.562. The average molecular weight is 405 g/mol. The molecule has 9 heteroatoms. The van der Waals surface area contributed by atoms with Crippen LogP contribution < -0.4 is 5.32 Å². The third kappa shape index (κ3) is 6.94. The van der Waals surface area contributed by atoms with Gasteiger partial charge in [0, 0.05) is 30.4 Å². The number of carboxylic acid groups (broad SMARTS) is 1. The Morgan fingerprint density at radius 3 is 2.69 bits per heavy atom. The molecule has 3 rings (SSSR count). The molecular weight excluding hydrogens is 377 g/mol. The lowest BCUT2D eigenvalue weighted by molar-refractivity contribution is -0.123. The van der Waals surface area contributed by atoms with Crippen molar-refractivity contribution >= 4 is 18.2 Å². The van der Waals surface area contributed by atoms with Gasteiger partial charge >= 0.3 is 0 Å². The van der Waals surface area contributed by atoms with Crippen LogP contribution in [-0.2, 0) is 9.59 Å². The SMILES string of the molecule is Cc1ccc(-c2[nH]nc(NC(=O)CC(C)CN3CCCCC3)c2F)cn1.O=CO. The van der Waals surface area contributed by atoms with Gasteiger partial charge in [-0.3, -0.25) is 19.7 Å². The molecule has 29 heavy (non-hydrogen) atoms. The minimum absolute atomic E-state index is 0.0595. The largest absolute Gasteiger partial charge is 0.483 e. The molecule has 1 aliphatic heterocycles. The van der Waals surface area contributed by atoms with Crippen LogP contribution in [0.1, 0.15) is 38.3 Å². The Morgan fingerprint density at radius 2 is 2.07 bits per heavy atom. The Morgan fingerprint density at radius 1 is 1.38 bits per heavy atom. The lowest BCUT2D eigenvalue weighted by Crippen LogP contribution is -2.34. The molecule has 158 valence electrons. The highest BCUT2D eigenvalue weighted by atomic mass is 19.1. The van der Waals surface area contributed by atoms with Crippen LogP contribution in [0.5, 0.6) is 0 Å². The van der Waals surface area contributed by atoms with Crippen LogP contribution in [0.25, 0.3) is 11.3 Å². The summed E-state index contributed by atoms with van der Waals surface area (Å²) in [5, 5.41) is 16.0. The van der Waals surface area contributed by atoms with E-state index in [0.717, 1.165) is 25.3 Å². The Kier molecular flexibility index (Phi) is 8.72. The number of piperidine rings is 1. The quantitative estimate of drug-likeness (QED) is 0.637. The molecule has 0 spiro atoms. The third-order valence-electron chi connectivity index (χ3n) is 4.72. The van der Waals surface area contributed by atoms with Crippen molar-refractivity contribution in [3.63, 3.8) is 0 Å². The van der Waals surface area contributed by atoms with Crippen LogP contribution in [0.4, 0.5) is 10.2 Å². The molecule has 3 N–H and O–H groups in total. The number of nitrogens with zero attached hydrogens (tertiary/aromatic N) is 3. The van der Waals surface area contributed by atoms with E-state index in [1.807, 2.05) is 6.92 Å². The Balaban J connectivity index is 0.000000941. The predicted octanol–water partition coefficient (Wildman–Crippen LogP) is 3.07. The number of nitrogens with one attached hydrogen (secondary N) is 2. The van der Waals surface area contributed by atoms with Crippen LogP contribution in [0.15, 0.2) is 18.3 Å². The standard InChI is InChI=1S/C19H26FN5O.CH2O2/c1-13(12-25-8-4-3-5-9-25)10-16(26)22-19-17(20)18(23-24-19)15-7-6-14(2)21-11-15;2-1-3/h6-7,11,13H,3-5,8-10,12H2,1-2H3,(H2,22,23,24,26);1H,(H,2,3). The van der Waals surface area contributed by atoms with Crippen molar-refractivity contribution in [1.29, 1.82) is 0 Å². The van der Waals surface area contributed by atoms with Crippen molar-refractivity contribution in [3.8, 4) is 11.3 Å². The fourth-order valence-electron chi connectivity index (χ4n) is 3.37. The number of aromatic nitrogens is 3. The van der Waals surface area contributed by atoms with E-state index in [2.05, 4.69) is 32.3 Å². The predicted molar refractivity (Wildman–Crippen MR) is 108 cm³/mol. The maximum absolute atomic E-state index is 14.5. The van der Waals surface area contributed by atoms with Crippen molar-refractivity contribution in [1.82, 2.24) is 20.1 Å². The van der Waals surface area contributed by atoms with Crippen LogP contribution in [0, 0.1) is 18.7 Å². The van der Waals surface area contributed by atoms with Gasteiger partial charge in [-0.05, 0) is 50.9 Å². The van der Waals surface area contributed by atoms with E-state index >= 15 is 0 Å². The number of pyridine rings is 1. The summed E-state index contributed by atoms with van der Waals surface area (Å²) < 4.78 is 14.5. The molecule has 0 aromatic carbocycles. The van der Waals surface area contributed by atoms with Gasteiger partial charge in [0.25, 0.3) is 6.47 Å². The van der Waals surface area contributed by atoms with Crippen LogP contribution in [-0.4, -0.2) is 57.2 Å². The maximum atomic E-state index is 14.5. The topological polar surface area (TPSA) is 111 Å². The van der Waals surface area contributed by atoms with Crippen molar-refractivity contribution < 1.29 is 19.1 Å². The lowest BCUT2D eigenvalue weighted by atomic mass is 10.0. The minimum Gasteiger partial charge on any atom is -0.483 e. The highest BCUT2D eigenvalue weighted by molar-refractivity contribution is 5.90. The molecule has 1 aliphatic rings. The number of anilines is 1. The first-order valence-corrected chi connectivity index (χ1v) is 9.71. The fourth-order valence-corrected chi connectivity index (χ4v) is 3.37. The van der Waals surface area contributed by atoms with Gasteiger partial charge in [-0.25, -0.2) is 4.39 Å². The highest BCUT2D eigenvalue weighted by Gasteiger charge is 2.19. The number of hydrogen-bond acceptors (Lipinski definition) is 5. The average Bonchev–Trinajstić information content (AvgIpc) is 3.04. The molecule has 1 saturated heterocycles. The molecule has 8 nitrogen and oxygen atoms in total. The van der Waals surface area contributed by atoms with Gasteiger partial charge in [0.2, 0.25) is 5.91 Å². The maximum Gasteiger partial charge on any atom is 0.290 e. The Hall–Kier alpha value is -2.81. The normalized spacial score (nSPS) is 15.1. The van der Waals surface area contributed by atoms with E-state index in [9.17, 15) is 9.18 Å². The van der Waals surface area contributed by atoms with Crippen LogP contribution in [0.3, 0.4) is 0 Å². The number of hydrogen-bond donors (Lipinski definition) is 3. The van der Waals surface area contributed by atoms with Crippen molar-refractivity contribution in [2.45, 2.75) is 39.5 Å². The molecule has 3 heterocycles. The van der Waals surface area contributed by atoms with Gasteiger partial charge in [-0.2, -0.15) is 5.10 Å². The smallest absolute Gasteiger partial charge is 0.290 e. The fraction of sp³-hybridized carbons (Fsp3) is 0.500. The summed E-state index contributed by atoms with van der Waals surface area (Å²) in [6, 6.07) is 3.57. The summed E-state index contributed by atoms with van der Waals surface area (Å²) in [4.78, 5) is 27.2. The summed E-state index contributed by atoms with van der Waals surface area (Å²) in [5.74, 6) is -0.618. The molecule has 1 unspecified atom stereocenters. The van der Waals surface area contributed by atoms with Gasteiger partial charge in [-0.1, -0.05) is 13.3 Å². The molecule has 0 bridgehead atoms. The number of H-pyrrole nitrogens is 1. The zero-order valence-corrected chi connectivity index (χ0v) is 16.8. The molecular formula is C20H28FN5O3. The van der Waals surface area contributed by atoms with E-state index in [0.29, 0.717) is 12.0 Å². The second kappa shape index (κ2) is 11.3. The number of aromatic amines is 1. The van der Waals surface area contributed by atoms with E-state index in [4.69, 9.17) is 9.90 Å². The number of aryl methyl sites for hydroxylation is 1. The number of halogens is 1. The van der Waals surface area contributed by atoms with Crippen molar-refractivity contribution in [2.75, 3.05) is 25.0 Å². The summed E-state index contributed by atoms with van der Waals surface area (Å²) in [6.07, 6.45) is 5.69. The van der Waals surface area contributed by atoms with E-state index in [-0.39, 0.29) is 29.8 Å². The number of amides is 1. The number of likely N-dealkylation sites (tertiary alicyclic amines) is 1. The second-order valence-electron chi connectivity index (χ2n) is 7.27. The van der Waals surface area contributed by atoms with Gasteiger partial charge in [0.05, 0.1) is 0 Å². The Bertz CT molecular complexity index is 788. The van der Waals surface area contributed by atoms with Gasteiger partial charge < -0.3 is 15.3 Å².